The van der Waals surface area contributed by atoms with Gasteiger partial charge in [-0.3, -0.25) is 4.79 Å². The molecule has 180 valence electrons. The molecule has 3 aromatic heterocycles. The Morgan fingerprint density at radius 3 is 2.46 bits per heavy atom. The first-order valence-corrected chi connectivity index (χ1v) is 11.4. The van der Waals surface area contributed by atoms with Gasteiger partial charge >= 0.3 is 0 Å². The lowest BCUT2D eigenvalue weighted by molar-refractivity contribution is -0.111. The number of pyridine rings is 2. The van der Waals surface area contributed by atoms with Crippen LogP contribution in [0.1, 0.15) is 5.56 Å². The van der Waals surface area contributed by atoms with Gasteiger partial charge in [-0.1, -0.05) is 36.9 Å². The van der Waals surface area contributed by atoms with Gasteiger partial charge in [0.2, 0.25) is 11.8 Å². The highest BCUT2D eigenvalue weighted by atomic mass is 16.5. The summed E-state index contributed by atoms with van der Waals surface area (Å²) in [5, 5.41) is 13.2. The van der Waals surface area contributed by atoms with Crippen LogP contribution in [0.3, 0.4) is 0 Å². The average molecular weight is 487 g/mol. The Bertz CT molecular complexity index is 1670. The fraction of sp³-hybridized carbons (Fsp3) is 0.0345. The van der Waals surface area contributed by atoms with E-state index in [9.17, 15) is 10.1 Å². The molecule has 0 aliphatic rings. The molecule has 2 aromatic carbocycles. The zero-order valence-electron chi connectivity index (χ0n) is 20.0. The van der Waals surface area contributed by atoms with Gasteiger partial charge in [-0.05, 0) is 47.5 Å². The van der Waals surface area contributed by atoms with Crippen molar-refractivity contribution in [1.29, 1.82) is 5.26 Å². The number of carbonyl (C=O) groups excluding carboxylic acids is 1. The largest absolute Gasteiger partial charge is 0.439 e. The molecule has 0 aliphatic heterocycles. The third-order valence-corrected chi connectivity index (χ3v) is 5.97. The number of aryl methyl sites for hydroxylation is 1. The number of carbonyl (C=O) groups is 1. The first kappa shape index (κ1) is 23.3. The molecule has 3 N–H and O–H groups in total. The number of aromatic nitrogens is 3. The van der Waals surface area contributed by atoms with Crippen LogP contribution in [-0.4, -0.2) is 20.4 Å². The van der Waals surface area contributed by atoms with E-state index >= 15 is 0 Å². The topological polar surface area (TPSA) is 119 Å². The highest BCUT2D eigenvalue weighted by Gasteiger charge is 2.23. The number of ether oxygens (including phenoxy) is 1. The van der Waals surface area contributed by atoms with Crippen molar-refractivity contribution in [2.75, 3.05) is 11.1 Å². The van der Waals surface area contributed by atoms with Gasteiger partial charge in [-0.15, -0.1) is 0 Å². The Labute approximate surface area is 213 Å². The molecule has 0 atom stereocenters. The molecule has 0 spiro atoms. The lowest BCUT2D eigenvalue weighted by atomic mass is 9.98. The summed E-state index contributed by atoms with van der Waals surface area (Å²) >= 11 is 0. The van der Waals surface area contributed by atoms with E-state index in [1.165, 1.54) is 12.3 Å². The summed E-state index contributed by atoms with van der Waals surface area (Å²) in [6.07, 6.45) is 4.38. The first-order valence-electron chi connectivity index (χ1n) is 11.4. The smallest absolute Gasteiger partial charge is 0.247 e. The summed E-state index contributed by atoms with van der Waals surface area (Å²) in [7, 11) is 1.90. The molecule has 5 rings (SSSR count). The molecule has 37 heavy (non-hydrogen) atoms. The molecule has 1 amide bonds. The van der Waals surface area contributed by atoms with Gasteiger partial charge < -0.3 is 20.4 Å². The van der Waals surface area contributed by atoms with Crippen molar-refractivity contribution in [1.82, 2.24) is 14.5 Å². The van der Waals surface area contributed by atoms with Crippen molar-refractivity contribution < 1.29 is 9.53 Å². The quantitative estimate of drug-likeness (QED) is 0.298. The second-order valence-electron chi connectivity index (χ2n) is 8.24. The lowest BCUT2D eigenvalue weighted by Crippen LogP contribution is -2.06. The van der Waals surface area contributed by atoms with Crippen LogP contribution in [0.2, 0.25) is 0 Å². The van der Waals surface area contributed by atoms with Crippen LogP contribution in [0.15, 0.2) is 91.8 Å². The van der Waals surface area contributed by atoms with E-state index in [-0.39, 0.29) is 5.91 Å². The van der Waals surface area contributed by atoms with E-state index in [1.54, 1.807) is 12.3 Å². The monoisotopic (exact) mass is 486 g/mol. The minimum atomic E-state index is -0.288. The molecule has 0 aliphatic carbocycles. The molecule has 0 saturated heterocycles. The summed E-state index contributed by atoms with van der Waals surface area (Å²) in [6.45, 7) is 3.49. The maximum Gasteiger partial charge on any atom is 0.247 e. The highest BCUT2D eigenvalue weighted by molar-refractivity contribution is 6.10. The van der Waals surface area contributed by atoms with Gasteiger partial charge in [0.15, 0.2) is 0 Å². The average Bonchev–Trinajstić information content (AvgIpc) is 3.24. The number of hydrogen-bond acceptors (Lipinski definition) is 6. The molecule has 0 bridgehead atoms. The maximum atomic E-state index is 11.7. The summed E-state index contributed by atoms with van der Waals surface area (Å²) in [5.74, 6) is 1.17. The fourth-order valence-corrected chi connectivity index (χ4v) is 4.33. The van der Waals surface area contributed by atoms with Gasteiger partial charge in [0.25, 0.3) is 0 Å². The molecule has 8 nitrogen and oxygen atoms in total. The Balaban J connectivity index is 1.66. The van der Waals surface area contributed by atoms with Crippen LogP contribution in [0.5, 0.6) is 11.6 Å². The van der Waals surface area contributed by atoms with Crippen LogP contribution in [0.4, 0.5) is 11.5 Å². The predicted molar refractivity (Wildman–Crippen MR) is 144 cm³/mol. The second kappa shape index (κ2) is 9.68. The van der Waals surface area contributed by atoms with E-state index in [0.717, 1.165) is 22.4 Å². The molecule has 0 unspecified atom stereocenters. The second-order valence-corrected chi connectivity index (χ2v) is 8.24. The Kier molecular flexibility index (Phi) is 6.10. The minimum absolute atomic E-state index is 0.288. The third-order valence-electron chi connectivity index (χ3n) is 5.97. The first-order chi connectivity index (χ1) is 18.0. The zero-order chi connectivity index (χ0) is 25.9. The van der Waals surface area contributed by atoms with E-state index in [0.29, 0.717) is 39.6 Å². The van der Waals surface area contributed by atoms with Gasteiger partial charge in [-0.25, -0.2) is 9.97 Å². The van der Waals surface area contributed by atoms with Gasteiger partial charge in [0, 0.05) is 36.8 Å². The molecule has 8 heteroatoms. The highest BCUT2D eigenvalue weighted by Crippen LogP contribution is 2.43. The van der Waals surface area contributed by atoms with E-state index in [1.807, 2.05) is 72.3 Å². The number of anilines is 2. The Morgan fingerprint density at radius 1 is 1.08 bits per heavy atom. The summed E-state index contributed by atoms with van der Waals surface area (Å²) in [4.78, 5) is 20.2. The number of nitrogens with two attached hydrogens (primary N) is 1. The normalized spacial score (nSPS) is 10.6. The summed E-state index contributed by atoms with van der Waals surface area (Å²) in [6, 6.07) is 22.7. The van der Waals surface area contributed by atoms with Crippen LogP contribution < -0.4 is 15.8 Å². The number of benzene rings is 2. The molecule has 0 saturated carbocycles. The number of nitrogens with zero attached hydrogens (tertiary/aromatic N) is 4. The van der Waals surface area contributed by atoms with Crippen molar-refractivity contribution in [3.05, 3.63) is 97.3 Å². The molecular formula is C29H22N6O2. The molecular weight excluding hydrogens is 464 g/mol. The third kappa shape index (κ3) is 4.37. The standard InChI is InChI=1S/C29H22N6O2/c1-3-23(36)34-21-11-7-19(8-12-21)27-25(26-28(35(27)2)20(16-30)17-33-29(26)31)18-9-13-22(14-10-18)37-24-6-4-5-15-32-24/h3-15,17H,1H2,2H3,(H2,31,33)(H,34,36). The number of nitrogen functional groups attached to an aromatic ring is 1. The zero-order valence-corrected chi connectivity index (χ0v) is 20.0. The van der Waals surface area contributed by atoms with Crippen LogP contribution >= 0.6 is 0 Å². The molecule has 5 aromatic rings. The van der Waals surface area contributed by atoms with Gasteiger partial charge in [0.1, 0.15) is 17.6 Å². The minimum Gasteiger partial charge on any atom is -0.439 e. The van der Waals surface area contributed by atoms with Crippen molar-refractivity contribution in [3.63, 3.8) is 0 Å². The molecule has 0 fully saturated rings. The SMILES string of the molecule is C=CC(=O)Nc1ccc(-c2c(-c3ccc(Oc4ccccn4)cc3)c3c(N)ncc(C#N)c3n2C)cc1. The Morgan fingerprint density at radius 2 is 1.81 bits per heavy atom. The van der Waals surface area contributed by atoms with E-state index < -0.39 is 0 Å². The van der Waals surface area contributed by atoms with E-state index in [4.69, 9.17) is 10.5 Å². The van der Waals surface area contributed by atoms with E-state index in [2.05, 4.69) is 27.9 Å². The number of fused-ring (bicyclic) bond motifs is 1. The number of rotatable bonds is 6. The van der Waals surface area contributed by atoms with Crippen molar-refractivity contribution in [2.24, 2.45) is 7.05 Å². The van der Waals surface area contributed by atoms with Crippen LogP contribution in [0, 0.1) is 11.3 Å². The van der Waals surface area contributed by atoms with Crippen LogP contribution in [-0.2, 0) is 11.8 Å². The van der Waals surface area contributed by atoms with Gasteiger partial charge in [0.05, 0.1) is 22.2 Å². The van der Waals surface area contributed by atoms with Crippen molar-refractivity contribution in [2.45, 2.75) is 0 Å². The van der Waals surface area contributed by atoms with Gasteiger partial charge in [-0.2, -0.15) is 5.26 Å². The summed E-state index contributed by atoms with van der Waals surface area (Å²) < 4.78 is 7.81. The maximum absolute atomic E-state index is 11.7. The fourth-order valence-electron chi connectivity index (χ4n) is 4.33. The summed E-state index contributed by atoms with van der Waals surface area (Å²) in [5.41, 5.74) is 11.6. The molecule has 0 radical (unpaired) electrons. The lowest BCUT2D eigenvalue weighted by Gasteiger charge is -2.11. The number of nitrogens with one attached hydrogen (secondary N) is 1. The predicted octanol–water partition coefficient (Wildman–Crippen LogP) is 5.67. The van der Waals surface area contributed by atoms with Crippen LogP contribution in [0.25, 0.3) is 33.3 Å². The number of amides is 1. The number of nitriles is 1. The number of hydrogen-bond donors (Lipinski definition) is 2. The van der Waals surface area contributed by atoms with Crippen molar-refractivity contribution in [3.8, 4) is 40.1 Å². The molecule has 3 heterocycles. The van der Waals surface area contributed by atoms with Crippen molar-refractivity contribution >= 4 is 28.3 Å². The Hall–Kier alpha value is -5.42.